The van der Waals surface area contributed by atoms with Gasteiger partial charge in [-0.1, -0.05) is 0 Å². The van der Waals surface area contributed by atoms with E-state index in [1.54, 1.807) is 24.1 Å². The van der Waals surface area contributed by atoms with E-state index in [1.807, 2.05) is 20.8 Å². The predicted octanol–water partition coefficient (Wildman–Crippen LogP) is 1.17. The second kappa shape index (κ2) is 10.2. The number of nitrogens with zero attached hydrogens (tertiary/aromatic N) is 3. The van der Waals surface area contributed by atoms with E-state index >= 15 is 0 Å². The van der Waals surface area contributed by atoms with Gasteiger partial charge in [0.05, 0.1) is 50.5 Å². The molecule has 1 atom stereocenters. The molecule has 1 aromatic rings. The Bertz CT molecular complexity index is 464. The Morgan fingerprint density at radius 3 is 2.83 bits per heavy atom. The van der Waals surface area contributed by atoms with Gasteiger partial charge in [-0.3, -0.25) is 4.68 Å². The lowest BCUT2D eigenvalue weighted by atomic mass is 10.3. The Morgan fingerprint density at radius 2 is 2.22 bits per heavy atom. The van der Waals surface area contributed by atoms with E-state index in [2.05, 4.69) is 10.4 Å². The van der Waals surface area contributed by atoms with Crippen LogP contribution in [-0.2, 0) is 16.0 Å². The van der Waals surface area contributed by atoms with Gasteiger partial charge in [0.1, 0.15) is 0 Å². The van der Waals surface area contributed by atoms with E-state index in [1.165, 1.54) is 4.90 Å². The number of rotatable bonds is 10. The van der Waals surface area contributed by atoms with Crippen LogP contribution in [0.25, 0.3) is 0 Å². The van der Waals surface area contributed by atoms with Crippen LogP contribution < -0.4 is 5.32 Å². The summed E-state index contributed by atoms with van der Waals surface area (Å²) in [5, 5.41) is 16.7. The molecule has 0 fully saturated rings. The number of aliphatic hydroxyl groups excluding tert-OH is 1. The van der Waals surface area contributed by atoms with Gasteiger partial charge in [0, 0.05) is 19.8 Å². The quantitative estimate of drug-likeness (QED) is 0.629. The summed E-state index contributed by atoms with van der Waals surface area (Å²) in [5.41, 5.74) is 0.625. The summed E-state index contributed by atoms with van der Waals surface area (Å²) in [6.45, 7) is 7.85. The monoisotopic (exact) mass is 328 g/mol. The molecule has 23 heavy (non-hydrogen) atoms. The molecule has 0 saturated heterocycles. The molecule has 0 unspecified atom stereocenters. The largest absolute Gasteiger partial charge is 0.389 e. The molecule has 0 spiro atoms. The third-order valence-corrected chi connectivity index (χ3v) is 3.03. The number of anilines is 1. The maximum Gasteiger partial charge on any atom is 0.321 e. The first kappa shape index (κ1) is 19.4. The average molecular weight is 328 g/mol. The minimum absolute atomic E-state index is 0.160. The molecule has 2 N–H and O–H groups in total. The smallest absolute Gasteiger partial charge is 0.321 e. The van der Waals surface area contributed by atoms with Gasteiger partial charge in [0.25, 0.3) is 0 Å². The summed E-state index contributed by atoms with van der Waals surface area (Å²) in [6.07, 6.45) is 2.75. The highest BCUT2D eigenvalue weighted by molar-refractivity contribution is 5.88. The lowest BCUT2D eigenvalue weighted by Gasteiger charge is -2.21. The first-order valence-electron chi connectivity index (χ1n) is 7.84. The van der Waals surface area contributed by atoms with Gasteiger partial charge in [-0.2, -0.15) is 5.10 Å². The number of hydrogen-bond acceptors (Lipinski definition) is 5. The fraction of sp³-hybridized carbons (Fsp3) is 0.733. The van der Waals surface area contributed by atoms with Crippen LogP contribution in [0.5, 0.6) is 0 Å². The van der Waals surface area contributed by atoms with E-state index in [0.717, 1.165) is 6.54 Å². The van der Waals surface area contributed by atoms with Gasteiger partial charge in [-0.05, 0) is 20.8 Å². The van der Waals surface area contributed by atoms with Crippen LogP contribution in [-0.4, -0.2) is 71.4 Å². The van der Waals surface area contributed by atoms with E-state index in [9.17, 15) is 9.90 Å². The Labute approximate surface area is 137 Å². The molecule has 1 rings (SSSR count). The molecule has 1 aromatic heterocycles. The van der Waals surface area contributed by atoms with Crippen molar-refractivity contribution in [2.24, 2.45) is 0 Å². The van der Waals surface area contributed by atoms with E-state index in [4.69, 9.17) is 9.47 Å². The van der Waals surface area contributed by atoms with Crippen LogP contribution >= 0.6 is 0 Å². The van der Waals surface area contributed by atoms with E-state index in [0.29, 0.717) is 18.9 Å². The van der Waals surface area contributed by atoms with Crippen molar-refractivity contribution in [3.63, 3.8) is 0 Å². The summed E-state index contributed by atoms with van der Waals surface area (Å²) in [6, 6.07) is -0.303. The predicted molar refractivity (Wildman–Crippen MR) is 87.5 cm³/mol. The third kappa shape index (κ3) is 7.96. The summed E-state index contributed by atoms with van der Waals surface area (Å²) < 4.78 is 12.4. The lowest BCUT2D eigenvalue weighted by molar-refractivity contribution is -0.0144. The van der Waals surface area contributed by atoms with Gasteiger partial charge in [0.2, 0.25) is 0 Å². The topological polar surface area (TPSA) is 88.9 Å². The van der Waals surface area contributed by atoms with Crippen LogP contribution in [0.4, 0.5) is 10.5 Å². The molecule has 0 aliphatic heterocycles. The number of hydrogen-bond donors (Lipinski definition) is 2. The van der Waals surface area contributed by atoms with Crippen LogP contribution in [0.15, 0.2) is 12.4 Å². The Kier molecular flexibility index (Phi) is 8.60. The molecule has 0 radical (unpaired) electrons. The number of nitrogens with one attached hydrogen (secondary N) is 1. The molecule has 8 nitrogen and oxygen atoms in total. The number of urea groups is 1. The number of carbonyl (C=O) groups excluding carboxylic acids is 1. The maximum absolute atomic E-state index is 12.0. The van der Waals surface area contributed by atoms with Gasteiger partial charge >= 0.3 is 6.03 Å². The first-order valence-corrected chi connectivity index (χ1v) is 7.84. The maximum atomic E-state index is 12.0. The second-order valence-corrected chi connectivity index (χ2v) is 5.54. The zero-order valence-corrected chi connectivity index (χ0v) is 14.4. The summed E-state index contributed by atoms with van der Waals surface area (Å²) in [5.74, 6) is 0. The number of aromatic nitrogens is 2. The lowest BCUT2D eigenvalue weighted by Crippen LogP contribution is -2.39. The molecular weight excluding hydrogens is 300 g/mol. The van der Waals surface area contributed by atoms with Gasteiger partial charge in [-0.25, -0.2) is 4.79 Å². The molecule has 132 valence electrons. The highest BCUT2D eigenvalue weighted by Crippen LogP contribution is 2.06. The molecule has 0 aliphatic rings. The molecule has 0 bridgehead atoms. The Hall–Kier alpha value is -1.64. The first-order chi connectivity index (χ1) is 10.9. The van der Waals surface area contributed by atoms with Crippen molar-refractivity contribution in [3.05, 3.63) is 12.4 Å². The fourth-order valence-electron chi connectivity index (χ4n) is 1.83. The van der Waals surface area contributed by atoms with Crippen molar-refractivity contribution in [2.45, 2.75) is 39.5 Å². The van der Waals surface area contributed by atoms with E-state index < -0.39 is 6.10 Å². The van der Waals surface area contributed by atoms with Crippen molar-refractivity contribution >= 4 is 11.7 Å². The number of amides is 2. The number of aliphatic hydroxyl groups is 1. The number of likely N-dealkylation sites (N-methyl/N-ethyl adjacent to an activating group) is 1. The molecule has 8 heteroatoms. The zero-order chi connectivity index (χ0) is 17.2. The summed E-state index contributed by atoms with van der Waals surface area (Å²) >= 11 is 0. The van der Waals surface area contributed by atoms with Crippen LogP contribution in [0.3, 0.4) is 0 Å². The molecule has 1 heterocycles. The summed E-state index contributed by atoms with van der Waals surface area (Å²) in [4.78, 5) is 13.4. The van der Waals surface area contributed by atoms with Gasteiger partial charge < -0.3 is 24.8 Å². The Balaban J connectivity index is 2.22. The minimum atomic E-state index is -0.747. The van der Waals surface area contributed by atoms with Crippen molar-refractivity contribution in [1.82, 2.24) is 14.7 Å². The van der Waals surface area contributed by atoms with Crippen molar-refractivity contribution in [3.8, 4) is 0 Å². The van der Waals surface area contributed by atoms with Crippen LogP contribution in [0.1, 0.15) is 20.8 Å². The number of ether oxygens (including phenoxy) is 2. The standard InChI is InChI=1S/C15H28N4O4/c1-5-19-9-13(8-16-19)17-15(21)18(4)10-14(20)11-22-6-7-23-12(2)3/h8-9,12,14,20H,5-7,10-11H2,1-4H3,(H,17,21)/t14-/m1/s1. The third-order valence-electron chi connectivity index (χ3n) is 3.03. The number of carbonyl (C=O) groups is 1. The summed E-state index contributed by atoms with van der Waals surface area (Å²) in [7, 11) is 1.62. The van der Waals surface area contributed by atoms with Crippen molar-refractivity contribution in [2.75, 3.05) is 38.7 Å². The van der Waals surface area contributed by atoms with Crippen LogP contribution in [0.2, 0.25) is 0 Å². The second-order valence-electron chi connectivity index (χ2n) is 5.54. The minimum Gasteiger partial charge on any atom is -0.389 e. The SMILES string of the molecule is CCn1cc(NC(=O)N(C)C[C@@H](O)COCCOC(C)C)cn1. The van der Waals surface area contributed by atoms with Crippen molar-refractivity contribution < 1.29 is 19.4 Å². The van der Waals surface area contributed by atoms with Crippen LogP contribution in [0, 0.1) is 0 Å². The van der Waals surface area contributed by atoms with Gasteiger partial charge in [0.15, 0.2) is 0 Å². The molecule has 2 amide bonds. The van der Waals surface area contributed by atoms with Crippen molar-refractivity contribution in [1.29, 1.82) is 0 Å². The Morgan fingerprint density at radius 1 is 1.48 bits per heavy atom. The highest BCUT2D eigenvalue weighted by atomic mass is 16.5. The fourth-order valence-corrected chi connectivity index (χ4v) is 1.83. The highest BCUT2D eigenvalue weighted by Gasteiger charge is 2.14. The molecule has 0 aromatic carbocycles. The molecule has 0 saturated carbocycles. The molecular formula is C15H28N4O4. The zero-order valence-electron chi connectivity index (χ0n) is 14.4. The normalized spacial score (nSPS) is 12.4. The average Bonchev–Trinajstić information content (AvgIpc) is 2.94. The van der Waals surface area contributed by atoms with E-state index in [-0.39, 0.29) is 25.3 Å². The van der Waals surface area contributed by atoms with Gasteiger partial charge in [-0.15, -0.1) is 0 Å². The number of aryl methyl sites for hydroxylation is 1. The molecule has 0 aliphatic carbocycles.